The largest absolute Gasteiger partial charge is 0.482 e. The van der Waals surface area contributed by atoms with Crippen LogP contribution >= 0.6 is 15.9 Å². The van der Waals surface area contributed by atoms with E-state index >= 15 is 0 Å². The van der Waals surface area contributed by atoms with Crippen molar-refractivity contribution in [1.29, 1.82) is 0 Å². The van der Waals surface area contributed by atoms with Crippen molar-refractivity contribution in [1.82, 2.24) is 0 Å². The van der Waals surface area contributed by atoms with E-state index in [1.165, 1.54) is 12.1 Å². The number of hydrogen-bond acceptors (Lipinski definition) is 2. The first-order valence-corrected chi connectivity index (χ1v) is 4.42. The zero-order valence-corrected chi connectivity index (χ0v) is 8.52. The second-order valence-corrected chi connectivity index (χ2v) is 3.50. The molecule has 0 unspecified atom stereocenters. The SMILES string of the molecule is Nc1ccc(Br)cc1OCC(F)(F)F. The highest BCUT2D eigenvalue weighted by Crippen LogP contribution is 2.27. The third-order valence-electron chi connectivity index (χ3n) is 1.37. The third-order valence-corrected chi connectivity index (χ3v) is 1.86. The Kier molecular flexibility index (Phi) is 3.25. The zero-order valence-electron chi connectivity index (χ0n) is 6.94. The maximum absolute atomic E-state index is 11.8. The second kappa shape index (κ2) is 4.08. The van der Waals surface area contributed by atoms with Gasteiger partial charge in [-0.1, -0.05) is 15.9 Å². The first kappa shape index (κ1) is 11.2. The van der Waals surface area contributed by atoms with Crippen molar-refractivity contribution in [3.8, 4) is 5.75 Å². The highest BCUT2D eigenvalue weighted by atomic mass is 79.9. The number of alkyl halides is 3. The van der Waals surface area contributed by atoms with Gasteiger partial charge < -0.3 is 10.5 Å². The topological polar surface area (TPSA) is 35.2 Å². The molecule has 0 aliphatic carbocycles. The minimum atomic E-state index is -4.35. The van der Waals surface area contributed by atoms with E-state index in [1.54, 1.807) is 6.07 Å². The fourth-order valence-corrected chi connectivity index (χ4v) is 1.13. The molecule has 0 aliphatic rings. The van der Waals surface area contributed by atoms with Crippen molar-refractivity contribution in [2.75, 3.05) is 12.3 Å². The van der Waals surface area contributed by atoms with Crippen molar-refractivity contribution >= 4 is 21.6 Å². The zero-order chi connectivity index (χ0) is 10.8. The number of rotatable bonds is 2. The lowest BCUT2D eigenvalue weighted by Crippen LogP contribution is -2.19. The van der Waals surface area contributed by atoms with Crippen LogP contribution in [0.5, 0.6) is 5.75 Å². The number of nitrogen functional groups attached to an aromatic ring is 1. The molecule has 0 radical (unpaired) electrons. The highest BCUT2D eigenvalue weighted by Gasteiger charge is 2.28. The summed E-state index contributed by atoms with van der Waals surface area (Å²) in [6, 6.07) is 4.48. The highest BCUT2D eigenvalue weighted by molar-refractivity contribution is 9.10. The summed E-state index contributed by atoms with van der Waals surface area (Å²) in [5.74, 6) is 0.0247. The average molecular weight is 270 g/mol. The molecule has 0 bridgehead atoms. The van der Waals surface area contributed by atoms with Gasteiger partial charge in [-0.05, 0) is 18.2 Å². The van der Waals surface area contributed by atoms with Gasteiger partial charge in [0.25, 0.3) is 0 Å². The molecule has 6 heteroatoms. The number of hydrogen-bond donors (Lipinski definition) is 1. The molecule has 0 aromatic heterocycles. The Morgan fingerprint density at radius 2 is 2.00 bits per heavy atom. The van der Waals surface area contributed by atoms with Crippen molar-refractivity contribution < 1.29 is 17.9 Å². The van der Waals surface area contributed by atoms with Gasteiger partial charge in [0, 0.05) is 4.47 Å². The molecule has 0 saturated heterocycles. The number of nitrogens with two attached hydrogens (primary N) is 1. The van der Waals surface area contributed by atoms with Crippen LogP contribution in [0.4, 0.5) is 18.9 Å². The Labute approximate surface area is 87.0 Å². The van der Waals surface area contributed by atoms with Crippen LogP contribution in [0.3, 0.4) is 0 Å². The maximum Gasteiger partial charge on any atom is 0.422 e. The van der Waals surface area contributed by atoms with Crippen LogP contribution in [0, 0.1) is 0 Å². The molecule has 78 valence electrons. The maximum atomic E-state index is 11.8. The second-order valence-electron chi connectivity index (χ2n) is 2.59. The molecule has 0 fully saturated rings. The van der Waals surface area contributed by atoms with Crippen LogP contribution in [0.1, 0.15) is 0 Å². The lowest BCUT2D eigenvalue weighted by Gasteiger charge is -2.11. The van der Waals surface area contributed by atoms with E-state index in [-0.39, 0.29) is 11.4 Å². The monoisotopic (exact) mass is 269 g/mol. The van der Waals surface area contributed by atoms with Gasteiger partial charge in [-0.2, -0.15) is 13.2 Å². The molecule has 14 heavy (non-hydrogen) atoms. The Hall–Kier alpha value is -0.910. The van der Waals surface area contributed by atoms with E-state index in [0.717, 1.165) is 0 Å². The average Bonchev–Trinajstić information content (AvgIpc) is 2.05. The van der Waals surface area contributed by atoms with Crippen LogP contribution in [-0.2, 0) is 0 Å². The van der Waals surface area contributed by atoms with Crippen molar-refractivity contribution in [2.24, 2.45) is 0 Å². The molecule has 0 saturated carbocycles. The van der Waals surface area contributed by atoms with E-state index in [1.807, 2.05) is 0 Å². The number of benzene rings is 1. The lowest BCUT2D eigenvalue weighted by atomic mass is 10.3. The lowest BCUT2D eigenvalue weighted by molar-refractivity contribution is -0.153. The number of ether oxygens (including phenoxy) is 1. The molecule has 1 aromatic rings. The van der Waals surface area contributed by atoms with E-state index < -0.39 is 12.8 Å². The third kappa shape index (κ3) is 3.45. The van der Waals surface area contributed by atoms with Gasteiger partial charge in [0.2, 0.25) is 0 Å². The molecule has 0 spiro atoms. The smallest absolute Gasteiger partial charge is 0.422 e. The molecule has 0 amide bonds. The standard InChI is InChI=1S/C8H7BrF3NO/c9-5-1-2-6(13)7(3-5)14-4-8(10,11)12/h1-3H,4,13H2. The summed E-state index contributed by atoms with van der Waals surface area (Å²) >= 11 is 3.10. The number of halogens is 4. The molecule has 1 aromatic carbocycles. The molecule has 0 atom stereocenters. The van der Waals surface area contributed by atoms with Crippen LogP contribution in [-0.4, -0.2) is 12.8 Å². The normalized spacial score (nSPS) is 11.4. The Bertz CT molecular complexity index is 327. The Morgan fingerprint density at radius 1 is 1.36 bits per heavy atom. The first-order chi connectivity index (χ1) is 6.38. The van der Waals surface area contributed by atoms with Gasteiger partial charge >= 0.3 is 6.18 Å². The van der Waals surface area contributed by atoms with Crippen molar-refractivity contribution in [2.45, 2.75) is 6.18 Å². The minimum Gasteiger partial charge on any atom is -0.482 e. The fourth-order valence-electron chi connectivity index (χ4n) is 0.793. The first-order valence-electron chi connectivity index (χ1n) is 3.63. The summed E-state index contributed by atoms with van der Waals surface area (Å²) in [5.41, 5.74) is 5.58. The van der Waals surface area contributed by atoms with Gasteiger partial charge in [0.15, 0.2) is 6.61 Å². The van der Waals surface area contributed by atoms with Crippen LogP contribution in [0.2, 0.25) is 0 Å². The predicted octanol–water partition coefficient (Wildman–Crippen LogP) is 2.97. The van der Waals surface area contributed by atoms with Gasteiger partial charge in [-0.3, -0.25) is 0 Å². The summed E-state index contributed by atoms with van der Waals surface area (Å²) in [7, 11) is 0. The molecule has 0 aliphatic heterocycles. The van der Waals surface area contributed by atoms with Crippen molar-refractivity contribution in [3.63, 3.8) is 0 Å². The van der Waals surface area contributed by atoms with E-state index in [2.05, 4.69) is 20.7 Å². The van der Waals surface area contributed by atoms with E-state index in [4.69, 9.17) is 5.73 Å². The summed E-state index contributed by atoms with van der Waals surface area (Å²) in [6.07, 6.45) is -4.35. The predicted molar refractivity (Wildman–Crippen MR) is 50.1 cm³/mol. The number of anilines is 1. The van der Waals surface area contributed by atoms with E-state index in [0.29, 0.717) is 4.47 Å². The molecule has 2 N–H and O–H groups in total. The molecule has 1 rings (SSSR count). The van der Waals surface area contributed by atoms with Gasteiger partial charge in [0.1, 0.15) is 5.75 Å². The van der Waals surface area contributed by atoms with Gasteiger partial charge in [0.05, 0.1) is 5.69 Å². The van der Waals surface area contributed by atoms with Crippen LogP contribution < -0.4 is 10.5 Å². The van der Waals surface area contributed by atoms with Crippen molar-refractivity contribution in [3.05, 3.63) is 22.7 Å². The molecular weight excluding hydrogens is 263 g/mol. The molecule has 2 nitrogen and oxygen atoms in total. The quantitative estimate of drug-likeness (QED) is 0.838. The summed E-state index contributed by atoms with van der Waals surface area (Å²) in [4.78, 5) is 0. The fraction of sp³-hybridized carbons (Fsp3) is 0.250. The molecular formula is C8H7BrF3NO. The Morgan fingerprint density at radius 3 is 2.57 bits per heavy atom. The van der Waals surface area contributed by atoms with E-state index in [9.17, 15) is 13.2 Å². The summed E-state index contributed by atoms with van der Waals surface area (Å²) in [5, 5.41) is 0. The van der Waals surface area contributed by atoms with Crippen LogP contribution in [0.15, 0.2) is 22.7 Å². The van der Waals surface area contributed by atoms with Gasteiger partial charge in [-0.25, -0.2) is 0 Å². The minimum absolute atomic E-state index is 0.0247. The van der Waals surface area contributed by atoms with Gasteiger partial charge in [-0.15, -0.1) is 0 Å². The summed E-state index contributed by atoms with van der Waals surface area (Å²) in [6.45, 7) is -1.34. The molecule has 0 heterocycles. The Balaban J connectivity index is 2.72. The van der Waals surface area contributed by atoms with Crippen LogP contribution in [0.25, 0.3) is 0 Å². The summed E-state index contributed by atoms with van der Waals surface area (Å²) < 4.78 is 40.5.